The van der Waals surface area contributed by atoms with Crippen LogP contribution >= 0.6 is 0 Å². The number of aromatic nitrogens is 4. The summed E-state index contributed by atoms with van der Waals surface area (Å²) in [4.78, 5) is 7.61. The van der Waals surface area contributed by atoms with Crippen molar-refractivity contribution in [3.63, 3.8) is 0 Å². The van der Waals surface area contributed by atoms with Crippen LogP contribution in [0.3, 0.4) is 0 Å². The predicted octanol–water partition coefficient (Wildman–Crippen LogP) is 2.93. The molecule has 1 aromatic carbocycles. The highest BCUT2D eigenvalue weighted by atomic mass is 19.4. The topological polar surface area (TPSA) is 69.6 Å². The molecular formula is C14H10F3N5. The van der Waals surface area contributed by atoms with Gasteiger partial charge in [0.15, 0.2) is 5.69 Å². The van der Waals surface area contributed by atoms with Crippen molar-refractivity contribution in [3.8, 4) is 16.9 Å². The maximum atomic E-state index is 12.9. The molecule has 0 saturated carbocycles. The maximum absolute atomic E-state index is 12.9. The third kappa shape index (κ3) is 2.62. The number of nitrogen functional groups attached to an aromatic ring is 1. The number of nitrogens with two attached hydrogens (primary N) is 1. The van der Waals surface area contributed by atoms with Gasteiger partial charge in [-0.15, -0.1) is 0 Å². The maximum Gasteiger partial charge on any atom is 0.435 e. The van der Waals surface area contributed by atoms with Gasteiger partial charge in [0.1, 0.15) is 0 Å². The third-order valence-corrected chi connectivity index (χ3v) is 2.97. The van der Waals surface area contributed by atoms with Crippen LogP contribution in [0, 0.1) is 0 Å². The van der Waals surface area contributed by atoms with Gasteiger partial charge in [-0.3, -0.25) is 0 Å². The van der Waals surface area contributed by atoms with E-state index in [-0.39, 0.29) is 11.6 Å². The average molecular weight is 305 g/mol. The number of benzene rings is 1. The Morgan fingerprint density at radius 1 is 1.00 bits per heavy atom. The molecule has 8 heteroatoms. The van der Waals surface area contributed by atoms with E-state index < -0.39 is 11.9 Å². The molecule has 3 aromatic rings. The van der Waals surface area contributed by atoms with E-state index in [1.54, 1.807) is 30.3 Å². The summed E-state index contributed by atoms with van der Waals surface area (Å²) in [6.07, 6.45) is -1.82. The molecule has 0 aliphatic heterocycles. The van der Waals surface area contributed by atoms with Crippen LogP contribution in [0.2, 0.25) is 0 Å². The Hall–Kier alpha value is -2.90. The van der Waals surface area contributed by atoms with Gasteiger partial charge in [-0.05, 0) is 18.2 Å². The van der Waals surface area contributed by atoms with Crippen molar-refractivity contribution < 1.29 is 13.2 Å². The highest BCUT2D eigenvalue weighted by Gasteiger charge is 2.35. The SMILES string of the molecule is Nc1ncc(-c2cc(C(F)(F)F)nn2-c2ccccc2)cn1. The minimum Gasteiger partial charge on any atom is -0.368 e. The molecule has 0 bridgehead atoms. The lowest BCUT2D eigenvalue weighted by Gasteiger charge is -2.07. The summed E-state index contributed by atoms with van der Waals surface area (Å²) < 4.78 is 40.1. The van der Waals surface area contributed by atoms with E-state index in [9.17, 15) is 13.2 Å². The first-order valence-electron chi connectivity index (χ1n) is 6.26. The van der Waals surface area contributed by atoms with E-state index in [2.05, 4.69) is 15.1 Å². The van der Waals surface area contributed by atoms with Crippen LogP contribution in [0.4, 0.5) is 19.1 Å². The highest BCUT2D eigenvalue weighted by molar-refractivity contribution is 5.61. The second kappa shape index (κ2) is 5.14. The molecule has 0 saturated heterocycles. The molecule has 0 unspecified atom stereocenters. The Morgan fingerprint density at radius 2 is 1.64 bits per heavy atom. The second-order valence-corrected chi connectivity index (χ2v) is 4.49. The number of alkyl halides is 3. The van der Waals surface area contributed by atoms with Crippen molar-refractivity contribution in [2.24, 2.45) is 0 Å². The van der Waals surface area contributed by atoms with Crippen molar-refractivity contribution >= 4 is 5.95 Å². The number of anilines is 1. The minimum atomic E-state index is -4.54. The Labute approximate surface area is 123 Å². The molecule has 3 rings (SSSR count). The minimum absolute atomic E-state index is 0.0468. The number of halogens is 3. The van der Waals surface area contributed by atoms with Crippen molar-refractivity contribution in [2.45, 2.75) is 6.18 Å². The van der Waals surface area contributed by atoms with Crippen molar-refractivity contribution in [3.05, 3.63) is 54.5 Å². The van der Waals surface area contributed by atoms with E-state index in [1.807, 2.05) is 0 Å². The standard InChI is InChI=1S/C14H10F3N5/c15-14(16,17)12-6-11(9-7-19-13(18)20-8-9)22(21-12)10-4-2-1-3-5-10/h1-8H,(H2,18,19,20). The number of nitrogens with zero attached hydrogens (tertiary/aromatic N) is 4. The molecule has 112 valence electrons. The molecule has 0 aliphatic rings. The van der Waals surface area contributed by atoms with Crippen LogP contribution in [0.15, 0.2) is 48.8 Å². The smallest absolute Gasteiger partial charge is 0.368 e. The van der Waals surface area contributed by atoms with Gasteiger partial charge < -0.3 is 5.73 Å². The summed E-state index contributed by atoms with van der Waals surface area (Å²) in [5.74, 6) is 0.0468. The Morgan fingerprint density at radius 3 is 2.23 bits per heavy atom. The monoisotopic (exact) mass is 305 g/mol. The van der Waals surface area contributed by atoms with Gasteiger partial charge in [-0.2, -0.15) is 18.3 Å². The first-order valence-corrected chi connectivity index (χ1v) is 6.26. The zero-order chi connectivity index (χ0) is 15.7. The first kappa shape index (κ1) is 14.1. The van der Waals surface area contributed by atoms with Crippen molar-refractivity contribution in [1.82, 2.24) is 19.7 Å². The molecule has 5 nitrogen and oxygen atoms in total. The lowest BCUT2D eigenvalue weighted by molar-refractivity contribution is -0.141. The summed E-state index contributed by atoms with van der Waals surface area (Å²) in [5.41, 5.74) is 5.55. The van der Waals surface area contributed by atoms with Crippen molar-refractivity contribution in [2.75, 3.05) is 5.73 Å². The summed E-state index contributed by atoms with van der Waals surface area (Å²) in [7, 11) is 0. The highest BCUT2D eigenvalue weighted by Crippen LogP contribution is 2.32. The number of para-hydroxylation sites is 1. The number of hydrogen-bond donors (Lipinski definition) is 1. The molecule has 0 fully saturated rings. The quantitative estimate of drug-likeness (QED) is 0.790. The average Bonchev–Trinajstić information content (AvgIpc) is 2.94. The molecule has 2 N–H and O–H groups in total. The Kier molecular flexibility index (Phi) is 3.28. The van der Waals surface area contributed by atoms with E-state index in [0.717, 1.165) is 6.07 Å². The summed E-state index contributed by atoms with van der Waals surface area (Å²) in [6.45, 7) is 0. The molecule has 2 aromatic heterocycles. The zero-order valence-electron chi connectivity index (χ0n) is 11.1. The van der Waals surface area contributed by atoms with E-state index in [4.69, 9.17) is 5.73 Å². The lowest BCUT2D eigenvalue weighted by atomic mass is 10.2. The van der Waals surface area contributed by atoms with Gasteiger partial charge in [0.05, 0.1) is 11.4 Å². The molecule has 0 aliphatic carbocycles. The normalized spacial score (nSPS) is 11.6. The van der Waals surface area contributed by atoms with Gasteiger partial charge in [-0.25, -0.2) is 14.6 Å². The van der Waals surface area contributed by atoms with E-state index >= 15 is 0 Å². The van der Waals surface area contributed by atoms with Gasteiger partial charge in [0, 0.05) is 18.0 Å². The van der Waals surface area contributed by atoms with E-state index in [1.165, 1.54) is 17.1 Å². The molecule has 0 radical (unpaired) electrons. The predicted molar refractivity (Wildman–Crippen MR) is 74.0 cm³/mol. The zero-order valence-corrected chi connectivity index (χ0v) is 11.1. The van der Waals surface area contributed by atoms with Gasteiger partial charge in [-0.1, -0.05) is 18.2 Å². The van der Waals surface area contributed by atoms with Gasteiger partial charge in [0.25, 0.3) is 0 Å². The Balaban J connectivity index is 2.19. The van der Waals surface area contributed by atoms with Crippen LogP contribution in [0.25, 0.3) is 16.9 Å². The fraction of sp³-hybridized carbons (Fsp3) is 0.0714. The largest absolute Gasteiger partial charge is 0.435 e. The summed E-state index contributed by atoms with van der Waals surface area (Å²) >= 11 is 0. The number of rotatable bonds is 2. The van der Waals surface area contributed by atoms with Gasteiger partial charge >= 0.3 is 6.18 Å². The lowest BCUT2D eigenvalue weighted by Crippen LogP contribution is -2.07. The molecule has 0 amide bonds. The van der Waals surface area contributed by atoms with Crippen LogP contribution < -0.4 is 5.73 Å². The molecule has 0 spiro atoms. The van der Waals surface area contributed by atoms with Gasteiger partial charge in [0.2, 0.25) is 5.95 Å². The van der Waals surface area contributed by atoms with Crippen molar-refractivity contribution in [1.29, 1.82) is 0 Å². The Bertz CT molecular complexity index is 778. The number of hydrogen-bond acceptors (Lipinski definition) is 4. The van der Waals surface area contributed by atoms with Crippen LogP contribution in [0.1, 0.15) is 5.69 Å². The first-order chi connectivity index (χ1) is 10.4. The van der Waals surface area contributed by atoms with Crippen LogP contribution in [-0.2, 0) is 6.18 Å². The molecule has 22 heavy (non-hydrogen) atoms. The fourth-order valence-corrected chi connectivity index (χ4v) is 1.96. The second-order valence-electron chi connectivity index (χ2n) is 4.49. The molecule has 0 atom stereocenters. The summed E-state index contributed by atoms with van der Waals surface area (Å²) in [5, 5.41) is 3.66. The van der Waals surface area contributed by atoms with E-state index in [0.29, 0.717) is 11.3 Å². The summed E-state index contributed by atoms with van der Waals surface area (Å²) in [6, 6.07) is 9.48. The fourth-order valence-electron chi connectivity index (χ4n) is 1.96. The van der Waals surface area contributed by atoms with Crippen LogP contribution in [0.5, 0.6) is 0 Å². The van der Waals surface area contributed by atoms with Crippen LogP contribution in [-0.4, -0.2) is 19.7 Å². The molecular weight excluding hydrogens is 295 g/mol. The molecule has 2 heterocycles. The third-order valence-electron chi connectivity index (χ3n) is 2.97.